The number of ether oxygens (including phenoxy) is 1. The zero-order valence-electron chi connectivity index (χ0n) is 11.3. The van der Waals surface area contributed by atoms with Crippen LogP contribution < -0.4 is 0 Å². The Morgan fingerprint density at radius 1 is 1.24 bits per heavy atom. The van der Waals surface area contributed by atoms with E-state index in [1.165, 1.54) is 11.3 Å². The second kappa shape index (κ2) is 5.95. The number of hydrogen-bond acceptors (Lipinski definition) is 4. The number of hydrogen-bond donors (Lipinski definition) is 0. The fourth-order valence-electron chi connectivity index (χ4n) is 2.16. The fraction of sp³-hybridized carbons (Fsp3) is 0.125. The number of carbonyl (C=O) groups excluding carboxylic acids is 1. The number of halogens is 1. The third kappa shape index (κ3) is 2.84. The van der Waals surface area contributed by atoms with Crippen LogP contribution in [0.25, 0.3) is 22.0 Å². The Kier molecular flexibility index (Phi) is 4.03. The molecule has 0 saturated heterocycles. The van der Waals surface area contributed by atoms with Crippen molar-refractivity contribution in [3.05, 3.63) is 51.3 Å². The van der Waals surface area contributed by atoms with E-state index in [-0.39, 0.29) is 5.97 Å². The summed E-state index contributed by atoms with van der Waals surface area (Å²) < 4.78 is 5.78. The standard InChI is InChI=1S/C16H12BrNO2S/c1-2-20-15(19)14-13(18-16(17)21-14)12-8-7-10-5-3-4-6-11(10)9-12/h3-9H,2H2,1H3. The summed E-state index contributed by atoms with van der Waals surface area (Å²) in [4.78, 5) is 17.0. The van der Waals surface area contributed by atoms with E-state index in [1.807, 2.05) is 36.4 Å². The van der Waals surface area contributed by atoms with Crippen LogP contribution in [0.1, 0.15) is 16.6 Å². The van der Waals surface area contributed by atoms with Crippen LogP contribution in [0, 0.1) is 0 Å². The molecule has 3 rings (SSSR count). The summed E-state index contributed by atoms with van der Waals surface area (Å²) in [5.74, 6) is -0.330. The molecule has 0 aliphatic rings. The summed E-state index contributed by atoms with van der Waals surface area (Å²) >= 11 is 4.64. The molecule has 0 radical (unpaired) electrons. The SMILES string of the molecule is CCOC(=O)c1sc(Br)nc1-c1ccc2ccccc2c1. The van der Waals surface area contributed by atoms with Crippen molar-refractivity contribution in [1.82, 2.24) is 4.98 Å². The zero-order valence-corrected chi connectivity index (χ0v) is 13.7. The molecule has 2 aromatic carbocycles. The Labute approximate surface area is 134 Å². The topological polar surface area (TPSA) is 39.2 Å². The molecule has 106 valence electrons. The number of benzene rings is 2. The number of esters is 1. The summed E-state index contributed by atoms with van der Waals surface area (Å²) in [6.45, 7) is 2.15. The van der Waals surface area contributed by atoms with Gasteiger partial charge in [0, 0.05) is 5.56 Å². The van der Waals surface area contributed by atoms with Gasteiger partial charge in [-0.15, -0.1) is 0 Å². The maximum absolute atomic E-state index is 12.0. The number of fused-ring (bicyclic) bond motifs is 1. The molecule has 3 aromatic rings. The minimum Gasteiger partial charge on any atom is -0.462 e. The molecule has 0 bridgehead atoms. The van der Waals surface area contributed by atoms with E-state index in [0.29, 0.717) is 21.1 Å². The van der Waals surface area contributed by atoms with Gasteiger partial charge in [-0.3, -0.25) is 0 Å². The number of nitrogens with zero attached hydrogens (tertiary/aromatic N) is 1. The van der Waals surface area contributed by atoms with Gasteiger partial charge in [0.2, 0.25) is 0 Å². The van der Waals surface area contributed by atoms with Crippen LogP contribution >= 0.6 is 27.3 Å². The Morgan fingerprint density at radius 3 is 2.76 bits per heavy atom. The highest BCUT2D eigenvalue weighted by Crippen LogP contribution is 2.33. The first-order chi connectivity index (χ1) is 10.2. The van der Waals surface area contributed by atoms with Gasteiger partial charge in [0.15, 0.2) is 3.92 Å². The number of rotatable bonds is 3. The maximum atomic E-state index is 12.0. The molecule has 5 heteroatoms. The van der Waals surface area contributed by atoms with Gasteiger partial charge in [0.1, 0.15) is 4.88 Å². The number of thiazole rings is 1. The summed E-state index contributed by atoms with van der Waals surface area (Å²) in [7, 11) is 0. The van der Waals surface area contributed by atoms with E-state index in [2.05, 4.69) is 27.0 Å². The molecule has 0 saturated carbocycles. The zero-order chi connectivity index (χ0) is 14.8. The van der Waals surface area contributed by atoms with Crippen LogP contribution in [-0.4, -0.2) is 17.6 Å². The third-order valence-corrected chi connectivity index (χ3v) is 4.57. The van der Waals surface area contributed by atoms with Crippen molar-refractivity contribution in [2.45, 2.75) is 6.92 Å². The van der Waals surface area contributed by atoms with Crippen LogP contribution in [0.4, 0.5) is 0 Å². The third-order valence-electron chi connectivity index (χ3n) is 3.08. The highest BCUT2D eigenvalue weighted by molar-refractivity contribution is 9.11. The average molecular weight is 362 g/mol. The van der Waals surface area contributed by atoms with E-state index in [0.717, 1.165) is 16.3 Å². The van der Waals surface area contributed by atoms with Crippen molar-refractivity contribution in [2.24, 2.45) is 0 Å². The van der Waals surface area contributed by atoms with Gasteiger partial charge >= 0.3 is 5.97 Å². The van der Waals surface area contributed by atoms with Gasteiger partial charge in [-0.2, -0.15) is 0 Å². The van der Waals surface area contributed by atoms with Crippen LogP contribution in [0.15, 0.2) is 46.4 Å². The maximum Gasteiger partial charge on any atom is 0.350 e. The highest BCUT2D eigenvalue weighted by atomic mass is 79.9. The largest absolute Gasteiger partial charge is 0.462 e. The Morgan fingerprint density at radius 2 is 2.00 bits per heavy atom. The monoisotopic (exact) mass is 361 g/mol. The van der Waals surface area contributed by atoms with E-state index in [1.54, 1.807) is 6.92 Å². The molecule has 21 heavy (non-hydrogen) atoms. The van der Waals surface area contributed by atoms with Crippen molar-refractivity contribution in [3.63, 3.8) is 0 Å². The molecule has 0 unspecified atom stereocenters. The van der Waals surface area contributed by atoms with E-state index in [4.69, 9.17) is 4.74 Å². The smallest absolute Gasteiger partial charge is 0.350 e. The minimum absolute atomic E-state index is 0.330. The van der Waals surface area contributed by atoms with Crippen molar-refractivity contribution in [1.29, 1.82) is 0 Å². The van der Waals surface area contributed by atoms with Crippen molar-refractivity contribution in [2.75, 3.05) is 6.61 Å². The molecule has 1 heterocycles. The lowest BCUT2D eigenvalue weighted by Gasteiger charge is -2.04. The van der Waals surface area contributed by atoms with E-state index >= 15 is 0 Å². The van der Waals surface area contributed by atoms with Gasteiger partial charge in [0.25, 0.3) is 0 Å². The molecular weight excluding hydrogens is 350 g/mol. The summed E-state index contributed by atoms with van der Waals surface area (Å²) in [5.41, 5.74) is 1.58. The van der Waals surface area contributed by atoms with Crippen LogP contribution in [-0.2, 0) is 4.74 Å². The molecule has 0 aliphatic heterocycles. The molecule has 3 nitrogen and oxygen atoms in total. The lowest BCUT2D eigenvalue weighted by atomic mass is 10.0. The Balaban J connectivity index is 2.11. The second-order valence-electron chi connectivity index (χ2n) is 4.43. The van der Waals surface area contributed by atoms with Gasteiger partial charge < -0.3 is 4.74 Å². The predicted molar refractivity (Wildman–Crippen MR) is 88.7 cm³/mol. The Bertz CT molecular complexity index is 813. The highest BCUT2D eigenvalue weighted by Gasteiger charge is 2.19. The second-order valence-corrected chi connectivity index (χ2v) is 6.70. The Hall–Kier alpha value is -1.72. The molecule has 1 aromatic heterocycles. The normalized spacial score (nSPS) is 10.8. The van der Waals surface area contributed by atoms with Crippen molar-refractivity contribution >= 4 is 44.0 Å². The van der Waals surface area contributed by atoms with Gasteiger partial charge in [-0.05, 0) is 39.7 Å². The van der Waals surface area contributed by atoms with Gasteiger partial charge in [0.05, 0.1) is 12.3 Å². The average Bonchev–Trinajstić information content (AvgIpc) is 2.89. The number of aromatic nitrogens is 1. The summed E-state index contributed by atoms with van der Waals surface area (Å²) in [5, 5.41) is 2.28. The molecule has 0 atom stereocenters. The van der Waals surface area contributed by atoms with Crippen LogP contribution in [0.3, 0.4) is 0 Å². The first kappa shape index (κ1) is 14.2. The summed E-state index contributed by atoms with van der Waals surface area (Å²) in [6.07, 6.45) is 0. The first-order valence-electron chi connectivity index (χ1n) is 6.51. The molecule has 0 fully saturated rings. The van der Waals surface area contributed by atoms with Crippen LogP contribution in [0.5, 0.6) is 0 Å². The molecular formula is C16H12BrNO2S. The van der Waals surface area contributed by atoms with E-state index < -0.39 is 0 Å². The quantitative estimate of drug-likeness (QED) is 0.622. The van der Waals surface area contributed by atoms with Gasteiger partial charge in [-0.25, -0.2) is 9.78 Å². The first-order valence-corrected chi connectivity index (χ1v) is 8.12. The summed E-state index contributed by atoms with van der Waals surface area (Å²) in [6, 6.07) is 14.2. The van der Waals surface area contributed by atoms with E-state index in [9.17, 15) is 4.79 Å². The molecule has 0 aliphatic carbocycles. The lowest BCUT2D eigenvalue weighted by molar-refractivity contribution is 0.0532. The predicted octanol–water partition coefficient (Wildman–Crippen LogP) is 4.90. The molecule has 0 spiro atoms. The molecule has 0 amide bonds. The minimum atomic E-state index is -0.330. The lowest BCUT2D eigenvalue weighted by Crippen LogP contribution is -2.03. The van der Waals surface area contributed by atoms with Crippen LogP contribution in [0.2, 0.25) is 0 Å². The van der Waals surface area contributed by atoms with Crippen molar-refractivity contribution in [3.8, 4) is 11.3 Å². The van der Waals surface area contributed by atoms with Gasteiger partial charge in [-0.1, -0.05) is 47.7 Å². The van der Waals surface area contributed by atoms with Crippen molar-refractivity contribution < 1.29 is 9.53 Å². The number of carbonyl (C=O) groups is 1. The molecule has 0 N–H and O–H groups in total. The fourth-order valence-corrected chi connectivity index (χ4v) is 3.53.